The highest BCUT2D eigenvalue weighted by Crippen LogP contribution is 2.11. The fraction of sp³-hybridized carbons (Fsp3) is 0.875. The molecule has 0 aliphatic carbocycles. The van der Waals surface area contributed by atoms with E-state index in [0.717, 1.165) is 51.4 Å². The maximum absolute atomic E-state index is 11.7. The lowest BCUT2D eigenvalue weighted by Crippen LogP contribution is -2.47. The highest BCUT2D eigenvalue weighted by Gasteiger charge is 2.30. The van der Waals surface area contributed by atoms with Gasteiger partial charge in [0.25, 0.3) is 0 Å². The summed E-state index contributed by atoms with van der Waals surface area (Å²) in [5.74, 6) is -0.496. The molecule has 0 saturated carbocycles. The zero-order chi connectivity index (χ0) is 24.2. The van der Waals surface area contributed by atoms with Crippen LogP contribution in [0.2, 0.25) is 0 Å². The molecule has 0 aliphatic rings. The SMILES string of the molecule is CCCCCCC(O)C/C=C\CCCCCCCC(=O)OC[C@H](O)[C@@H](O)[C@H](O)[C@H](O)CO. The molecule has 0 saturated heterocycles. The summed E-state index contributed by atoms with van der Waals surface area (Å²) in [4.78, 5) is 11.7. The van der Waals surface area contributed by atoms with Crippen LogP contribution in [0.3, 0.4) is 0 Å². The van der Waals surface area contributed by atoms with Gasteiger partial charge < -0.3 is 35.4 Å². The van der Waals surface area contributed by atoms with Crippen molar-refractivity contribution in [2.75, 3.05) is 13.2 Å². The fourth-order valence-electron chi connectivity index (χ4n) is 3.27. The number of aliphatic hydroxyl groups excluding tert-OH is 6. The van der Waals surface area contributed by atoms with Crippen LogP contribution in [0.15, 0.2) is 12.2 Å². The summed E-state index contributed by atoms with van der Waals surface area (Å²) < 4.78 is 4.88. The third-order valence-corrected chi connectivity index (χ3v) is 5.46. The van der Waals surface area contributed by atoms with Crippen molar-refractivity contribution in [3.63, 3.8) is 0 Å². The van der Waals surface area contributed by atoms with Crippen molar-refractivity contribution in [1.82, 2.24) is 0 Å². The second-order valence-electron chi connectivity index (χ2n) is 8.50. The standard InChI is InChI=1S/C24H46O8/c1-2-3-4-11-14-19(26)15-12-9-7-5-6-8-10-13-16-22(29)32-18-21(28)24(31)23(30)20(27)17-25/h9,12,19-21,23-28,30-31H,2-8,10-11,13-18H2,1H3/b12-9-/t19?,20-,21+,23-,24-/m1/s1. The van der Waals surface area contributed by atoms with Gasteiger partial charge in [-0.1, -0.05) is 64.0 Å². The van der Waals surface area contributed by atoms with E-state index in [-0.39, 0.29) is 12.5 Å². The maximum Gasteiger partial charge on any atom is 0.305 e. The molecular weight excluding hydrogens is 416 g/mol. The summed E-state index contributed by atoms with van der Waals surface area (Å²) in [5, 5.41) is 56.7. The molecule has 0 aromatic heterocycles. The first-order valence-electron chi connectivity index (χ1n) is 12.1. The maximum atomic E-state index is 11.7. The Hall–Kier alpha value is -1.03. The van der Waals surface area contributed by atoms with E-state index < -0.39 is 43.6 Å². The number of unbranched alkanes of at least 4 members (excludes halogenated alkanes) is 8. The third kappa shape index (κ3) is 16.6. The van der Waals surface area contributed by atoms with Crippen LogP contribution in [-0.4, -0.2) is 80.3 Å². The average Bonchev–Trinajstić information content (AvgIpc) is 2.79. The van der Waals surface area contributed by atoms with Crippen molar-refractivity contribution in [1.29, 1.82) is 0 Å². The Morgan fingerprint density at radius 1 is 0.812 bits per heavy atom. The summed E-state index contributed by atoms with van der Waals surface area (Å²) in [6, 6.07) is 0. The van der Waals surface area contributed by atoms with E-state index in [9.17, 15) is 30.3 Å². The topological polar surface area (TPSA) is 148 Å². The first kappa shape index (κ1) is 31.0. The van der Waals surface area contributed by atoms with Gasteiger partial charge in [0.05, 0.1) is 12.7 Å². The van der Waals surface area contributed by atoms with Crippen molar-refractivity contribution in [3.05, 3.63) is 12.2 Å². The van der Waals surface area contributed by atoms with E-state index in [1.165, 1.54) is 19.3 Å². The second kappa shape index (κ2) is 20.6. The molecule has 0 fully saturated rings. The van der Waals surface area contributed by atoms with Crippen LogP contribution < -0.4 is 0 Å². The van der Waals surface area contributed by atoms with Crippen LogP contribution in [0, 0.1) is 0 Å². The molecule has 0 radical (unpaired) electrons. The molecule has 0 amide bonds. The van der Waals surface area contributed by atoms with Gasteiger partial charge in [0.15, 0.2) is 0 Å². The van der Waals surface area contributed by atoms with Crippen molar-refractivity contribution in [2.24, 2.45) is 0 Å². The van der Waals surface area contributed by atoms with Crippen LogP contribution >= 0.6 is 0 Å². The number of hydrogen-bond acceptors (Lipinski definition) is 8. The largest absolute Gasteiger partial charge is 0.463 e. The molecule has 0 aliphatic heterocycles. The normalized spacial score (nSPS) is 16.6. The van der Waals surface area contributed by atoms with Crippen LogP contribution in [0.4, 0.5) is 0 Å². The molecule has 0 aromatic rings. The van der Waals surface area contributed by atoms with E-state index in [1.54, 1.807) is 0 Å². The van der Waals surface area contributed by atoms with Gasteiger partial charge in [-0.25, -0.2) is 0 Å². The average molecular weight is 463 g/mol. The number of ether oxygens (including phenoxy) is 1. The van der Waals surface area contributed by atoms with Gasteiger partial charge in [-0.15, -0.1) is 0 Å². The lowest BCUT2D eigenvalue weighted by Gasteiger charge is -2.25. The van der Waals surface area contributed by atoms with Gasteiger partial charge in [-0.05, 0) is 32.1 Å². The molecule has 0 bridgehead atoms. The highest BCUT2D eigenvalue weighted by atomic mass is 16.5. The predicted molar refractivity (Wildman–Crippen MR) is 123 cm³/mol. The minimum Gasteiger partial charge on any atom is -0.463 e. The Labute approximate surface area is 192 Å². The molecule has 0 aromatic carbocycles. The van der Waals surface area contributed by atoms with Gasteiger partial charge in [0, 0.05) is 6.42 Å². The van der Waals surface area contributed by atoms with Crippen molar-refractivity contribution in [3.8, 4) is 0 Å². The second-order valence-corrected chi connectivity index (χ2v) is 8.50. The Morgan fingerprint density at radius 3 is 2.12 bits per heavy atom. The quantitative estimate of drug-likeness (QED) is 0.0862. The van der Waals surface area contributed by atoms with E-state index >= 15 is 0 Å². The Balaban J connectivity index is 3.63. The summed E-state index contributed by atoms with van der Waals surface area (Å²) in [6.07, 6.45) is 9.60. The lowest BCUT2D eigenvalue weighted by molar-refractivity contribution is -0.156. The lowest BCUT2D eigenvalue weighted by atomic mass is 10.0. The number of carbonyl (C=O) groups is 1. The number of allylic oxidation sites excluding steroid dienone is 1. The summed E-state index contributed by atoms with van der Waals surface area (Å²) in [5.41, 5.74) is 0. The van der Waals surface area contributed by atoms with Crippen LogP contribution in [0.25, 0.3) is 0 Å². The summed E-state index contributed by atoms with van der Waals surface area (Å²) in [7, 11) is 0. The zero-order valence-electron chi connectivity index (χ0n) is 19.6. The highest BCUT2D eigenvalue weighted by molar-refractivity contribution is 5.69. The van der Waals surface area contributed by atoms with Crippen LogP contribution in [0.1, 0.15) is 90.4 Å². The van der Waals surface area contributed by atoms with Gasteiger partial charge in [0.2, 0.25) is 0 Å². The molecule has 0 heterocycles. The minimum absolute atomic E-state index is 0.209. The Kier molecular flexibility index (Phi) is 19.9. The van der Waals surface area contributed by atoms with E-state index in [1.807, 2.05) is 0 Å². The minimum atomic E-state index is -1.73. The van der Waals surface area contributed by atoms with Gasteiger partial charge in [0.1, 0.15) is 31.0 Å². The fourth-order valence-corrected chi connectivity index (χ4v) is 3.27. The van der Waals surface area contributed by atoms with Gasteiger partial charge in [-0.2, -0.15) is 0 Å². The Bertz CT molecular complexity index is 471. The molecule has 190 valence electrons. The molecule has 1 unspecified atom stereocenters. The third-order valence-electron chi connectivity index (χ3n) is 5.46. The number of carbonyl (C=O) groups excluding carboxylic acids is 1. The number of esters is 1. The van der Waals surface area contributed by atoms with Gasteiger partial charge >= 0.3 is 5.97 Å². The van der Waals surface area contributed by atoms with Crippen molar-refractivity contribution in [2.45, 2.75) is 121 Å². The summed E-state index contributed by atoms with van der Waals surface area (Å²) >= 11 is 0. The van der Waals surface area contributed by atoms with Gasteiger partial charge in [-0.3, -0.25) is 4.79 Å². The summed E-state index contributed by atoms with van der Waals surface area (Å²) in [6.45, 7) is 0.927. The monoisotopic (exact) mass is 462 g/mol. The Morgan fingerprint density at radius 2 is 1.44 bits per heavy atom. The molecule has 6 N–H and O–H groups in total. The molecular formula is C24H46O8. The number of rotatable bonds is 21. The van der Waals surface area contributed by atoms with Crippen LogP contribution in [0.5, 0.6) is 0 Å². The zero-order valence-corrected chi connectivity index (χ0v) is 19.6. The smallest absolute Gasteiger partial charge is 0.305 e. The molecule has 32 heavy (non-hydrogen) atoms. The molecule has 8 nitrogen and oxygen atoms in total. The molecule has 0 spiro atoms. The predicted octanol–water partition coefficient (Wildman–Crippen LogP) is 1.97. The van der Waals surface area contributed by atoms with Crippen LogP contribution in [-0.2, 0) is 9.53 Å². The van der Waals surface area contributed by atoms with E-state index in [0.29, 0.717) is 6.42 Å². The van der Waals surface area contributed by atoms with E-state index in [2.05, 4.69) is 19.1 Å². The van der Waals surface area contributed by atoms with E-state index in [4.69, 9.17) is 9.84 Å². The number of aliphatic hydroxyl groups is 6. The first-order valence-corrected chi connectivity index (χ1v) is 12.1. The first-order chi connectivity index (χ1) is 15.3. The van der Waals surface area contributed by atoms with Crippen molar-refractivity contribution >= 4 is 5.97 Å². The molecule has 5 atom stereocenters. The molecule has 8 heteroatoms. The molecule has 0 rings (SSSR count). The number of hydrogen-bond donors (Lipinski definition) is 6. The van der Waals surface area contributed by atoms with Crippen molar-refractivity contribution < 1.29 is 40.2 Å².